The summed E-state index contributed by atoms with van der Waals surface area (Å²) in [4.78, 5) is 14.8. The monoisotopic (exact) mass is 295 g/mol. The third-order valence-electron chi connectivity index (χ3n) is 2.13. The van der Waals surface area contributed by atoms with Gasteiger partial charge < -0.3 is 0 Å². The molecule has 3 N–H and O–H groups in total. The zero-order chi connectivity index (χ0) is 11.7. The van der Waals surface area contributed by atoms with Crippen LogP contribution in [0.15, 0.2) is 11.0 Å². The topological polar surface area (TPSA) is 90.4 Å². The van der Waals surface area contributed by atoms with Crippen LogP contribution in [0.2, 0.25) is 5.32 Å². The molecule has 0 spiro atoms. The summed E-state index contributed by atoms with van der Waals surface area (Å²) in [5.74, 6) is -1.16. The molecule has 6 nitrogen and oxygen atoms in total. The molecule has 0 amide bonds. The second kappa shape index (κ2) is 4.50. The van der Waals surface area contributed by atoms with Gasteiger partial charge in [0.15, 0.2) is 0 Å². The van der Waals surface area contributed by atoms with E-state index in [0.29, 0.717) is 5.32 Å². The molecule has 16 heavy (non-hydrogen) atoms. The molecule has 0 radical (unpaired) electrons. The maximum absolute atomic E-state index is 13.1. The Labute approximate surface area is 96.4 Å². The number of hydrogen-bond donors (Lipinski definition) is 2. The van der Waals surface area contributed by atoms with E-state index in [4.69, 9.17) is 15.6 Å². The molecule has 0 aliphatic carbocycles. The van der Waals surface area contributed by atoms with Gasteiger partial charge in [-0.15, -0.1) is 0 Å². The van der Waals surface area contributed by atoms with Gasteiger partial charge in [-0.2, -0.15) is 0 Å². The van der Waals surface area contributed by atoms with E-state index < -0.39 is 23.6 Å². The summed E-state index contributed by atoms with van der Waals surface area (Å²) in [6, 6.07) is 0. The molecule has 0 bridgehead atoms. The Morgan fingerprint density at radius 1 is 1.81 bits per heavy atom. The minimum atomic E-state index is -0.747. The molecule has 1 aromatic rings. The summed E-state index contributed by atoms with van der Waals surface area (Å²) < 4.78 is 19.6. The van der Waals surface area contributed by atoms with Gasteiger partial charge in [-0.3, -0.25) is 0 Å². The third kappa shape index (κ3) is 2.10. The number of ether oxygens (including phenoxy) is 1. The van der Waals surface area contributed by atoms with Crippen molar-refractivity contribution in [1.82, 2.24) is 9.55 Å². The number of rotatable bonds is 2. The number of aromatic nitrogens is 2. The van der Waals surface area contributed by atoms with Gasteiger partial charge in [0, 0.05) is 0 Å². The molecule has 1 aromatic heterocycles. The van der Waals surface area contributed by atoms with E-state index in [0.717, 1.165) is 10.8 Å². The van der Waals surface area contributed by atoms with Gasteiger partial charge in [0.2, 0.25) is 0 Å². The second-order valence-electron chi connectivity index (χ2n) is 3.20. The van der Waals surface area contributed by atoms with Crippen LogP contribution in [0.1, 0.15) is 6.23 Å². The predicted octanol–water partition coefficient (Wildman–Crippen LogP) is -1.07. The van der Waals surface area contributed by atoms with E-state index in [1.807, 2.05) is 0 Å². The van der Waals surface area contributed by atoms with Crippen molar-refractivity contribution in [2.75, 3.05) is 12.3 Å². The van der Waals surface area contributed by atoms with E-state index >= 15 is 0 Å². The molecule has 8 heteroatoms. The van der Waals surface area contributed by atoms with Crippen LogP contribution in [0.5, 0.6) is 0 Å². The Balaban J connectivity index is 2.28. The first-order valence-corrected chi connectivity index (χ1v) is 6.74. The van der Waals surface area contributed by atoms with Crippen molar-refractivity contribution >= 4 is 20.8 Å². The van der Waals surface area contributed by atoms with Crippen molar-refractivity contribution in [3.8, 4) is 0 Å². The molecule has 1 aliphatic rings. The predicted molar refractivity (Wildman–Crippen MR) is 54.4 cm³/mol. The van der Waals surface area contributed by atoms with Gasteiger partial charge in [0.25, 0.3) is 0 Å². The number of nitrogen functional groups attached to an aromatic ring is 1. The van der Waals surface area contributed by atoms with Crippen molar-refractivity contribution in [3.63, 3.8) is 0 Å². The first kappa shape index (κ1) is 11.5. The number of hydrogen-bond acceptors (Lipinski definition) is 5. The van der Waals surface area contributed by atoms with E-state index in [2.05, 4.69) is 4.98 Å². The van der Waals surface area contributed by atoms with Crippen LogP contribution < -0.4 is 11.4 Å². The molecule has 1 saturated heterocycles. The molecule has 0 saturated carbocycles. The third-order valence-corrected chi connectivity index (χ3v) is 4.45. The molecule has 2 atom stereocenters. The molecule has 2 heterocycles. The van der Waals surface area contributed by atoms with Crippen molar-refractivity contribution in [2.24, 2.45) is 0 Å². The summed E-state index contributed by atoms with van der Waals surface area (Å²) in [5, 5.41) is 9.25. The average molecular weight is 294 g/mol. The number of nitrogens with zero attached hydrogens (tertiary/aromatic N) is 2. The number of aliphatic hydroxyl groups excluding tert-OH is 1. The van der Waals surface area contributed by atoms with Gasteiger partial charge in [-0.05, 0) is 0 Å². The fraction of sp³-hybridized carbons (Fsp3) is 0.500. The SMILES string of the molecule is Nc1nc(=O)n([C@@H]2C[Se][C@H](CO)O2)cc1F. The molecule has 0 unspecified atom stereocenters. The summed E-state index contributed by atoms with van der Waals surface area (Å²) in [7, 11) is 0. The van der Waals surface area contributed by atoms with E-state index in [1.54, 1.807) is 0 Å². The Hall–Kier alpha value is -0.951. The molecule has 0 aromatic carbocycles. The number of nitrogens with two attached hydrogens (primary N) is 1. The van der Waals surface area contributed by atoms with E-state index in [9.17, 15) is 9.18 Å². The van der Waals surface area contributed by atoms with Crippen LogP contribution in [0, 0.1) is 5.82 Å². The Kier molecular flexibility index (Phi) is 3.25. The summed E-state index contributed by atoms with van der Waals surface area (Å²) in [6.07, 6.45) is 0.442. The van der Waals surface area contributed by atoms with Gasteiger partial charge in [-0.1, -0.05) is 0 Å². The molecular weight excluding hydrogens is 284 g/mol. The number of anilines is 1. The normalized spacial score (nSPS) is 24.9. The number of aliphatic hydroxyl groups is 1. The van der Waals surface area contributed by atoms with Crippen LogP contribution in [0.25, 0.3) is 0 Å². The van der Waals surface area contributed by atoms with Crippen LogP contribution in [0.3, 0.4) is 0 Å². The van der Waals surface area contributed by atoms with Crippen LogP contribution >= 0.6 is 0 Å². The van der Waals surface area contributed by atoms with Crippen LogP contribution in [0.4, 0.5) is 10.2 Å². The Morgan fingerprint density at radius 3 is 3.19 bits per heavy atom. The zero-order valence-electron chi connectivity index (χ0n) is 8.17. The molecule has 1 aliphatic heterocycles. The second-order valence-corrected chi connectivity index (χ2v) is 5.70. The van der Waals surface area contributed by atoms with Crippen LogP contribution in [-0.4, -0.2) is 41.2 Å². The van der Waals surface area contributed by atoms with Gasteiger partial charge in [-0.25, -0.2) is 0 Å². The van der Waals surface area contributed by atoms with E-state index in [1.165, 1.54) is 0 Å². The molecule has 2 rings (SSSR count). The quantitative estimate of drug-likeness (QED) is 0.678. The minimum absolute atomic E-state index is 0.0801. The maximum atomic E-state index is 13.1. The average Bonchev–Trinajstić information content (AvgIpc) is 2.71. The standard InChI is InChI=1S/C8H10FN3O3Se/c9-4-1-12(8(14)11-7(4)10)5-3-16-6(2-13)15-5/h1,5-6,13H,2-3H2,(H2,10,11,14)/t5-,6+/m0/s1. The summed E-state index contributed by atoms with van der Waals surface area (Å²) in [5.41, 5.74) is 4.52. The molecule has 1 fully saturated rings. The van der Waals surface area contributed by atoms with Gasteiger partial charge >= 0.3 is 95.9 Å². The Morgan fingerprint density at radius 2 is 2.56 bits per heavy atom. The van der Waals surface area contributed by atoms with Gasteiger partial charge in [0.05, 0.1) is 0 Å². The summed E-state index contributed by atoms with van der Waals surface area (Å²) in [6.45, 7) is -0.0872. The summed E-state index contributed by atoms with van der Waals surface area (Å²) >= 11 is 0.0801. The zero-order valence-corrected chi connectivity index (χ0v) is 9.88. The first-order valence-electron chi connectivity index (χ1n) is 4.54. The van der Waals surface area contributed by atoms with Crippen molar-refractivity contribution in [1.29, 1.82) is 0 Å². The van der Waals surface area contributed by atoms with Gasteiger partial charge in [0.1, 0.15) is 0 Å². The van der Waals surface area contributed by atoms with E-state index in [-0.39, 0.29) is 26.6 Å². The van der Waals surface area contributed by atoms with Crippen molar-refractivity contribution in [2.45, 2.75) is 16.5 Å². The molecular formula is C8H10FN3O3Se. The Bertz CT molecular complexity index is 453. The van der Waals surface area contributed by atoms with Crippen molar-refractivity contribution in [3.05, 3.63) is 22.5 Å². The molecule has 88 valence electrons. The first-order chi connectivity index (χ1) is 7.61. The fourth-order valence-corrected chi connectivity index (χ4v) is 3.30. The fourth-order valence-electron chi connectivity index (χ4n) is 1.35. The number of halogens is 1. The van der Waals surface area contributed by atoms with Crippen molar-refractivity contribution < 1.29 is 14.2 Å². The van der Waals surface area contributed by atoms with Crippen LogP contribution in [-0.2, 0) is 4.74 Å².